The van der Waals surface area contributed by atoms with Crippen molar-refractivity contribution in [3.8, 4) is 0 Å². The molecular weight excluding hydrogens is 286 g/mol. The van der Waals surface area contributed by atoms with E-state index >= 15 is 0 Å². The Morgan fingerprint density at radius 1 is 1.10 bits per heavy atom. The standard InChI is InChI=1S/C16H23NOS2/c1-16(2,3)17-11-14-6-7-15(20-14)12-18-9-8-13-5-4-10-19-13/h4-7,10,17H,8-9,11-12H2,1-3H3. The molecule has 1 N–H and O–H groups in total. The second-order valence-corrected chi connectivity index (χ2v) is 8.14. The second-order valence-electron chi connectivity index (χ2n) is 5.85. The molecule has 2 rings (SSSR count). The van der Waals surface area contributed by atoms with Crippen LogP contribution in [-0.4, -0.2) is 12.1 Å². The van der Waals surface area contributed by atoms with E-state index < -0.39 is 0 Å². The summed E-state index contributed by atoms with van der Waals surface area (Å²) in [5.74, 6) is 0. The van der Waals surface area contributed by atoms with Crippen molar-refractivity contribution in [1.82, 2.24) is 5.32 Å². The molecule has 0 unspecified atom stereocenters. The summed E-state index contributed by atoms with van der Waals surface area (Å²) < 4.78 is 5.75. The van der Waals surface area contributed by atoms with Crippen molar-refractivity contribution in [2.75, 3.05) is 6.61 Å². The molecule has 2 aromatic heterocycles. The highest BCUT2D eigenvalue weighted by molar-refractivity contribution is 7.12. The minimum atomic E-state index is 0.168. The van der Waals surface area contributed by atoms with Crippen molar-refractivity contribution < 1.29 is 4.74 Å². The summed E-state index contributed by atoms with van der Waals surface area (Å²) in [6.45, 7) is 9.03. The molecule has 0 saturated heterocycles. The molecule has 0 aromatic carbocycles. The lowest BCUT2D eigenvalue weighted by atomic mass is 10.1. The topological polar surface area (TPSA) is 21.3 Å². The molecule has 0 bridgehead atoms. The van der Waals surface area contributed by atoms with Gasteiger partial charge in [-0.15, -0.1) is 22.7 Å². The van der Waals surface area contributed by atoms with E-state index in [1.54, 1.807) is 11.3 Å². The van der Waals surface area contributed by atoms with Gasteiger partial charge in [0.25, 0.3) is 0 Å². The minimum Gasteiger partial charge on any atom is -0.376 e. The molecule has 20 heavy (non-hydrogen) atoms. The lowest BCUT2D eigenvalue weighted by Gasteiger charge is -2.19. The zero-order valence-corrected chi connectivity index (χ0v) is 14.1. The summed E-state index contributed by atoms with van der Waals surface area (Å²) in [6, 6.07) is 8.63. The summed E-state index contributed by atoms with van der Waals surface area (Å²) in [5, 5.41) is 5.62. The summed E-state index contributed by atoms with van der Waals surface area (Å²) >= 11 is 3.63. The Bertz CT molecular complexity index is 497. The number of ether oxygens (including phenoxy) is 1. The van der Waals surface area contributed by atoms with Crippen LogP contribution < -0.4 is 5.32 Å². The molecule has 2 nitrogen and oxygen atoms in total. The van der Waals surface area contributed by atoms with E-state index in [-0.39, 0.29) is 5.54 Å². The van der Waals surface area contributed by atoms with Crippen LogP contribution in [0.1, 0.15) is 35.4 Å². The van der Waals surface area contributed by atoms with Gasteiger partial charge in [0.1, 0.15) is 0 Å². The van der Waals surface area contributed by atoms with Gasteiger partial charge in [0.05, 0.1) is 13.2 Å². The molecular formula is C16H23NOS2. The van der Waals surface area contributed by atoms with Crippen LogP contribution in [0.15, 0.2) is 29.6 Å². The van der Waals surface area contributed by atoms with Crippen LogP contribution in [0.3, 0.4) is 0 Å². The fourth-order valence-electron chi connectivity index (χ4n) is 1.75. The van der Waals surface area contributed by atoms with E-state index in [0.29, 0.717) is 0 Å². The summed E-state index contributed by atoms with van der Waals surface area (Å²) in [6.07, 6.45) is 1.02. The van der Waals surface area contributed by atoms with Gasteiger partial charge in [-0.05, 0) is 44.4 Å². The van der Waals surface area contributed by atoms with Crippen molar-refractivity contribution >= 4 is 22.7 Å². The Balaban J connectivity index is 1.67. The average Bonchev–Trinajstić information content (AvgIpc) is 3.03. The molecule has 4 heteroatoms. The predicted molar refractivity (Wildman–Crippen MR) is 88.6 cm³/mol. The quantitative estimate of drug-likeness (QED) is 0.763. The predicted octanol–water partition coefficient (Wildman–Crippen LogP) is 4.46. The number of nitrogens with one attached hydrogen (secondary N) is 1. The number of hydrogen-bond donors (Lipinski definition) is 1. The fourth-order valence-corrected chi connectivity index (χ4v) is 3.33. The molecule has 0 atom stereocenters. The Morgan fingerprint density at radius 2 is 1.90 bits per heavy atom. The zero-order chi connectivity index (χ0) is 14.4. The highest BCUT2D eigenvalue weighted by Crippen LogP contribution is 2.18. The minimum absolute atomic E-state index is 0.168. The largest absolute Gasteiger partial charge is 0.376 e. The van der Waals surface area contributed by atoms with Crippen LogP contribution in [0.4, 0.5) is 0 Å². The third-order valence-corrected chi connectivity index (χ3v) is 4.82. The molecule has 0 aliphatic heterocycles. The van der Waals surface area contributed by atoms with Gasteiger partial charge in [0.15, 0.2) is 0 Å². The van der Waals surface area contributed by atoms with Gasteiger partial charge >= 0.3 is 0 Å². The summed E-state index contributed by atoms with van der Waals surface area (Å²) in [5.41, 5.74) is 0.168. The molecule has 0 amide bonds. The molecule has 0 fully saturated rings. The van der Waals surface area contributed by atoms with Crippen LogP contribution in [0.25, 0.3) is 0 Å². The van der Waals surface area contributed by atoms with Gasteiger partial charge in [-0.2, -0.15) is 0 Å². The molecule has 0 spiro atoms. The van der Waals surface area contributed by atoms with Crippen LogP contribution in [0.2, 0.25) is 0 Å². The molecule has 2 heterocycles. The van der Waals surface area contributed by atoms with Crippen LogP contribution >= 0.6 is 22.7 Å². The van der Waals surface area contributed by atoms with Gasteiger partial charge < -0.3 is 10.1 Å². The molecule has 0 aliphatic carbocycles. The first-order valence-electron chi connectivity index (χ1n) is 6.96. The van der Waals surface area contributed by atoms with E-state index in [1.807, 2.05) is 11.3 Å². The van der Waals surface area contributed by atoms with E-state index in [9.17, 15) is 0 Å². The van der Waals surface area contributed by atoms with E-state index in [2.05, 4.69) is 55.7 Å². The van der Waals surface area contributed by atoms with Gasteiger partial charge in [0.2, 0.25) is 0 Å². The SMILES string of the molecule is CC(C)(C)NCc1ccc(COCCc2cccs2)s1. The Hall–Kier alpha value is -0.680. The van der Waals surface area contributed by atoms with Crippen molar-refractivity contribution in [1.29, 1.82) is 0 Å². The maximum absolute atomic E-state index is 5.75. The number of hydrogen-bond acceptors (Lipinski definition) is 4. The Labute approximate surface area is 129 Å². The van der Waals surface area contributed by atoms with Crippen LogP contribution in [0.5, 0.6) is 0 Å². The van der Waals surface area contributed by atoms with Gasteiger partial charge in [-0.1, -0.05) is 6.07 Å². The fraction of sp³-hybridized carbons (Fsp3) is 0.500. The first-order valence-corrected chi connectivity index (χ1v) is 8.65. The molecule has 110 valence electrons. The second kappa shape index (κ2) is 7.36. The first kappa shape index (κ1) is 15.7. The molecule has 0 saturated carbocycles. The molecule has 0 radical (unpaired) electrons. The van der Waals surface area contributed by atoms with Crippen molar-refractivity contribution in [2.45, 2.75) is 45.9 Å². The smallest absolute Gasteiger partial charge is 0.0809 e. The van der Waals surface area contributed by atoms with Gasteiger partial charge in [-0.3, -0.25) is 0 Å². The number of rotatable bonds is 7. The Morgan fingerprint density at radius 3 is 2.60 bits per heavy atom. The Kier molecular flexibility index (Phi) is 5.78. The van der Waals surface area contributed by atoms with Crippen LogP contribution in [-0.2, 0) is 24.3 Å². The van der Waals surface area contributed by atoms with Crippen LogP contribution in [0, 0.1) is 0 Å². The van der Waals surface area contributed by atoms with E-state index in [0.717, 1.165) is 26.2 Å². The van der Waals surface area contributed by atoms with Gasteiger partial charge in [-0.25, -0.2) is 0 Å². The maximum atomic E-state index is 5.75. The monoisotopic (exact) mass is 309 g/mol. The average molecular weight is 309 g/mol. The van der Waals surface area contributed by atoms with Gasteiger partial charge in [0, 0.05) is 33.1 Å². The lowest BCUT2D eigenvalue weighted by Crippen LogP contribution is -2.34. The highest BCUT2D eigenvalue weighted by Gasteiger charge is 2.09. The third-order valence-electron chi connectivity index (χ3n) is 2.83. The maximum Gasteiger partial charge on any atom is 0.0809 e. The van der Waals surface area contributed by atoms with E-state index in [4.69, 9.17) is 4.74 Å². The zero-order valence-electron chi connectivity index (χ0n) is 12.4. The van der Waals surface area contributed by atoms with Crippen molar-refractivity contribution in [3.05, 3.63) is 44.3 Å². The number of thiophene rings is 2. The van der Waals surface area contributed by atoms with E-state index in [1.165, 1.54) is 14.6 Å². The summed E-state index contributed by atoms with van der Waals surface area (Å²) in [7, 11) is 0. The van der Waals surface area contributed by atoms with Crippen molar-refractivity contribution in [2.24, 2.45) is 0 Å². The summed E-state index contributed by atoms with van der Waals surface area (Å²) in [4.78, 5) is 4.07. The normalized spacial score (nSPS) is 11.9. The van der Waals surface area contributed by atoms with Crippen molar-refractivity contribution in [3.63, 3.8) is 0 Å². The molecule has 2 aromatic rings. The third kappa shape index (κ3) is 5.75. The lowest BCUT2D eigenvalue weighted by molar-refractivity contribution is 0.126. The highest BCUT2D eigenvalue weighted by atomic mass is 32.1. The molecule has 0 aliphatic rings. The first-order chi connectivity index (χ1) is 9.53.